The Bertz CT molecular complexity index is 3930. The van der Waals surface area contributed by atoms with Crippen molar-refractivity contribution in [3.63, 3.8) is 0 Å². The van der Waals surface area contributed by atoms with E-state index in [2.05, 4.69) is 76.7 Å². The number of fused-ring (bicyclic) bond motifs is 5. The van der Waals surface area contributed by atoms with E-state index in [0.717, 1.165) is 85.7 Å². The average Bonchev–Trinajstić information content (AvgIpc) is 0.959. The normalized spacial score (nSPS) is 34.4. The molecule has 3 aromatic carbocycles. The SMILES string of the molecule is CCc1c2cc3[nH]c2cn1-c1c2c(cc4c(=O)cc(C)oc14)C[C@H]1OO[C@H]([C@@](O)(Cc4ccc(O)c5ccc(O)cc45)[C@@H](O)[C@H](O)[C@H](O)CO)/C=C\C4=C[C@@H]5[C@@H](C=C[C@H]([C@@H]4N[C@H]4CC[C@@H](CC)C4)[C@@]51O2)[C@@H]1CNC(=O)[C@@]12CCC[C@@]1(C=C[C@H]3CC1)C2. The minimum absolute atomic E-state index is 0.0845. The molecule has 1 amide bonds. The molecular formula is C69H78N4O13. The zero-order valence-electron chi connectivity index (χ0n) is 48.9. The molecule has 8 aliphatic heterocycles. The number of ether oxygens (including phenoxy) is 1. The van der Waals surface area contributed by atoms with Crippen LogP contribution < -0.4 is 20.8 Å². The van der Waals surface area contributed by atoms with Gasteiger partial charge < -0.3 is 65.1 Å². The number of H-pyrrole nitrogens is 1. The number of hydrogen-bond donors (Lipinski definition) is 10. The Morgan fingerprint density at radius 3 is 2.56 bits per heavy atom. The molecule has 0 radical (unpaired) electrons. The van der Waals surface area contributed by atoms with Gasteiger partial charge in [0.1, 0.15) is 59.1 Å². The number of nitrogens with one attached hydrogen (secondary N) is 3. The van der Waals surface area contributed by atoms with E-state index in [1.807, 2.05) is 12.1 Å². The van der Waals surface area contributed by atoms with Gasteiger partial charge >= 0.3 is 0 Å². The Labute approximate surface area is 498 Å². The lowest BCUT2D eigenvalue weighted by molar-refractivity contribution is -0.398. The number of carbonyl (C=O) groups is 1. The van der Waals surface area contributed by atoms with Crippen molar-refractivity contribution in [2.75, 3.05) is 13.2 Å². The van der Waals surface area contributed by atoms with E-state index in [1.165, 1.54) is 30.3 Å². The largest absolute Gasteiger partial charge is 0.508 e. The van der Waals surface area contributed by atoms with E-state index in [9.17, 15) is 40.5 Å². The quantitative estimate of drug-likeness (QED) is 0.0434. The molecule has 2 saturated carbocycles. The second-order valence-corrected chi connectivity index (χ2v) is 27.1. The van der Waals surface area contributed by atoms with Crippen LogP contribution in [-0.4, -0.2) is 118 Å². The van der Waals surface area contributed by atoms with Gasteiger partial charge in [-0.05, 0) is 147 Å². The smallest absolute Gasteiger partial charge is 0.226 e. The van der Waals surface area contributed by atoms with Crippen LogP contribution in [0.4, 0.5) is 0 Å². The number of nitrogens with zero attached hydrogens (tertiary/aromatic N) is 1. The van der Waals surface area contributed by atoms with E-state index in [0.29, 0.717) is 75.4 Å². The summed E-state index contributed by atoms with van der Waals surface area (Å²) in [5.41, 5.74) is 0.746. The third kappa shape index (κ3) is 8.38. The molecule has 13 aliphatic rings. The maximum atomic E-state index is 15.1. The summed E-state index contributed by atoms with van der Waals surface area (Å²) in [6.07, 6.45) is 17.9. The summed E-state index contributed by atoms with van der Waals surface area (Å²) in [6, 6.07) is 12.6. The van der Waals surface area contributed by atoms with Crippen molar-refractivity contribution < 1.29 is 59.5 Å². The highest BCUT2D eigenvalue weighted by Gasteiger charge is 2.68. The van der Waals surface area contributed by atoms with Gasteiger partial charge in [0.05, 0.1) is 22.9 Å². The van der Waals surface area contributed by atoms with Gasteiger partial charge in [-0.25, -0.2) is 9.78 Å². The van der Waals surface area contributed by atoms with Crippen molar-refractivity contribution in [1.82, 2.24) is 20.2 Å². The predicted molar refractivity (Wildman–Crippen MR) is 322 cm³/mol. The van der Waals surface area contributed by atoms with Crippen LogP contribution in [0.1, 0.15) is 112 Å². The second kappa shape index (κ2) is 20.5. The zero-order valence-corrected chi connectivity index (χ0v) is 48.9. The lowest BCUT2D eigenvalue weighted by atomic mass is 9.49. The second-order valence-electron chi connectivity index (χ2n) is 27.1. The zero-order chi connectivity index (χ0) is 59.3. The molecule has 0 unspecified atom stereocenters. The third-order valence-corrected chi connectivity index (χ3v) is 22.6. The van der Waals surface area contributed by atoms with Crippen LogP contribution >= 0.6 is 0 Å². The fourth-order valence-electron chi connectivity index (χ4n) is 18.2. The summed E-state index contributed by atoms with van der Waals surface area (Å²) in [5.74, 6) is 0.0428. The number of aromatic hydroxyl groups is 2. The van der Waals surface area contributed by atoms with Crippen LogP contribution in [0, 0.1) is 47.3 Å². The number of allylic oxidation sites excluding steroid dienone is 3. The molecule has 452 valence electrons. The lowest BCUT2D eigenvalue weighted by Gasteiger charge is -2.60. The van der Waals surface area contributed by atoms with E-state index in [-0.39, 0.29) is 58.5 Å². The van der Waals surface area contributed by atoms with Gasteiger partial charge in [0.25, 0.3) is 0 Å². The molecule has 10 N–H and O–H groups in total. The monoisotopic (exact) mass is 1170 g/mol. The topological polar surface area (TPSA) is 261 Å². The molecule has 17 heteroatoms. The summed E-state index contributed by atoms with van der Waals surface area (Å²) in [6.45, 7) is 5.66. The summed E-state index contributed by atoms with van der Waals surface area (Å²) in [7, 11) is 0. The molecule has 5 aliphatic carbocycles. The summed E-state index contributed by atoms with van der Waals surface area (Å²) in [4.78, 5) is 47.5. The Hall–Kier alpha value is -6.54. The first-order valence-electron chi connectivity index (χ1n) is 31.5. The van der Waals surface area contributed by atoms with Crippen molar-refractivity contribution in [1.29, 1.82) is 0 Å². The van der Waals surface area contributed by atoms with Crippen molar-refractivity contribution in [2.24, 2.45) is 40.4 Å². The predicted octanol–water partition coefficient (Wildman–Crippen LogP) is 8.11. The number of aromatic nitrogens is 2. The number of aryl methyl sites for hydroxylation is 2. The highest BCUT2D eigenvalue weighted by Crippen LogP contribution is 2.64. The lowest BCUT2D eigenvalue weighted by Crippen LogP contribution is -2.71. The molecule has 3 spiro atoms. The van der Waals surface area contributed by atoms with Crippen molar-refractivity contribution >= 4 is 38.6 Å². The standard InChI is InChI=1S/C69H78N4O13/c1-4-36-7-10-41(24-36)71-59-38-9-16-57(68(82,64(80)61(79)56(78)33-74)30-39-8-15-54(76)43-12-11-42(75)28-45(39)43)85-86-58-27-40-25-47-55(77)23-35(3)83-63(47)60-62(40)84-69(58)48(59)14-13-44(49(69)26-38)50-31-70-65(81)67(50)20-6-19-66(34-67)21-17-37(18-22-66)51-29-46-52(72-51)32-73(60)53(46)5-2/h8-9,11-17,21,23,25-26,28-29,32,36-37,41,44,48-50,56-59,61,64,71-72,74-76,78-80,82H,4-7,10,18-20,22,24,27,30-31,33-34H2,1-3H3,(H,70,81)/b16-9-/t36-,37+,41+,44-,48-,49-,50+,56-,57+,58-,59-,61-,64+,66+,67-,68+,69-/m1/s1. The number of carbonyl (C=O) groups excluding carboxylic acids is 1. The number of aliphatic hydroxyl groups excluding tert-OH is 4. The molecule has 3 aromatic heterocycles. The number of rotatable bonds is 11. The van der Waals surface area contributed by atoms with Crippen LogP contribution in [0.3, 0.4) is 0 Å². The number of benzene rings is 3. The number of aromatic amines is 1. The summed E-state index contributed by atoms with van der Waals surface area (Å²) < 4.78 is 17.2. The van der Waals surface area contributed by atoms with Crippen molar-refractivity contribution in [3.8, 4) is 22.9 Å². The van der Waals surface area contributed by atoms with Gasteiger partial charge in [0.15, 0.2) is 22.4 Å². The molecule has 1 saturated heterocycles. The van der Waals surface area contributed by atoms with Gasteiger partial charge in [0, 0.05) is 89.2 Å². The minimum Gasteiger partial charge on any atom is -0.508 e. The number of aliphatic hydroxyl groups is 5. The van der Waals surface area contributed by atoms with E-state index >= 15 is 4.79 Å². The van der Waals surface area contributed by atoms with Crippen molar-refractivity contribution in [3.05, 3.63) is 141 Å². The van der Waals surface area contributed by atoms with Crippen molar-refractivity contribution in [2.45, 2.75) is 164 Å². The maximum Gasteiger partial charge on any atom is 0.226 e. The van der Waals surface area contributed by atoms with Crippen LogP contribution in [0.15, 0.2) is 112 Å². The fourth-order valence-corrected chi connectivity index (χ4v) is 18.2. The van der Waals surface area contributed by atoms with E-state index in [4.69, 9.17) is 18.9 Å². The van der Waals surface area contributed by atoms with Gasteiger partial charge in [-0.2, -0.15) is 0 Å². The molecular weight excluding hydrogens is 1090 g/mol. The number of phenolic OH excluding ortho intramolecular Hbond substituents is 2. The average molecular weight is 1170 g/mol. The summed E-state index contributed by atoms with van der Waals surface area (Å²) in [5, 5.41) is 90.6. The first kappa shape index (κ1) is 56.0. The highest BCUT2D eigenvalue weighted by atomic mass is 17.2. The van der Waals surface area contributed by atoms with Gasteiger partial charge in [-0.3, -0.25) is 9.59 Å². The van der Waals surface area contributed by atoms with Gasteiger partial charge in [-0.1, -0.05) is 69.2 Å². The van der Waals surface area contributed by atoms with Crippen LogP contribution in [-0.2, 0) is 33.8 Å². The molecule has 6 aromatic rings. The summed E-state index contributed by atoms with van der Waals surface area (Å²) >= 11 is 0. The molecule has 19 rings (SSSR count). The molecule has 11 heterocycles. The van der Waals surface area contributed by atoms with E-state index < -0.39 is 78.0 Å². The molecule has 86 heavy (non-hydrogen) atoms. The molecule has 17 atom stereocenters. The Kier molecular flexibility index (Phi) is 13.4. The van der Waals surface area contributed by atoms with Crippen LogP contribution in [0.25, 0.3) is 38.3 Å². The Balaban J connectivity index is 0.990. The molecule has 17 nitrogen and oxygen atoms in total. The first-order chi connectivity index (χ1) is 41.5. The minimum atomic E-state index is -2.59. The number of hydrogen-bond acceptors (Lipinski definition) is 14. The van der Waals surface area contributed by atoms with Crippen LogP contribution in [0.5, 0.6) is 17.2 Å². The third-order valence-electron chi connectivity index (χ3n) is 22.6. The van der Waals surface area contributed by atoms with Gasteiger partial charge in [0.2, 0.25) is 5.91 Å². The molecule has 13 bridgehead atoms. The number of phenols is 2. The fraction of sp³-hybridized carbons (Fsp3) is 0.507. The van der Waals surface area contributed by atoms with Crippen LogP contribution in [0.2, 0.25) is 0 Å². The Morgan fingerprint density at radius 1 is 0.907 bits per heavy atom. The highest BCUT2D eigenvalue weighted by molar-refractivity contribution is 5.94. The van der Waals surface area contributed by atoms with Gasteiger partial charge in [-0.15, -0.1) is 0 Å². The Morgan fingerprint density at radius 2 is 1.77 bits per heavy atom. The number of amides is 1. The van der Waals surface area contributed by atoms with E-state index in [1.54, 1.807) is 19.1 Å². The molecule has 3 fully saturated rings. The maximum absolute atomic E-state index is 15.1. The first-order valence-corrected chi connectivity index (χ1v) is 31.5.